The molecular formula is C28H40N5O3+. The first kappa shape index (κ1) is 28.6. The molecule has 0 aromatic heterocycles. The van der Waals surface area contributed by atoms with Crippen molar-refractivity contribution in [1.29, 1.82) is 0 Å². The van der Waals surface area contributed by atoms with Gasteiger partial charge in [-0.1, -0.05) is 70.2 Å². The first-order chi connectivity index (χ1) is 16.9. The van der Waals surface area contributed by atoms with Crippen LogP contribution in [0.25, 0.3) is 0 Å². The lowest BCUT2D eigenvalue weighted by Crippen LogP contribution is -2.46. The maximum atomic E-state index is 13.4. The van der Waals surface area contributed by atoms with E-state index in [4.69, 9.17) is 5.73 Å². The average molecular weight is 495 g/mol. The summed E-state index contributed by atoms with van der Waals surface area (Å²) < 4.78 is 1.88. The maximum Gasteiger partial charge on any atom is 0.392 e. The van der Waals surface area contributed by atoms with Gasteiger partial charge in [-0.3, -0.25) is 19.1 Å². The zero-order valence-corrected chi connectivity index (χ0v) is 22.6. The number of nitrogens with zero attached hydrogens (tertiary/aromatic N) is 3. The van der Waals surface area contributed by atoms with E-state index in [0.717, 1.165) is 0 Å². The van der Waals surface area contributed by atoms with E-state index >= 15 is 0 Å². The van der Waals surface area contributed by atoms with Crippen LogP contribution in [0.2, 0.25) is 0 Å². The van der Waals surface area contributed by atoms with E-state index in [2.05, 4.69) is 42.9 Å². The molecule has 2 aromatic rings. The van der Waals surface area contributed by atoms with Gasteiger partial charge in [-0.2, -0.15) is 0 Å². The van der Waals surface area contributed by atoms with Gasteiger partial charge in [0.15, 0.2) is 5.78 Å². The molecule has 0 fully saturated rings. The average Bonchev–Trinajstić information content (AvgIpc) is 2.81. The molecule has 0 heterocycles. The summed E-state index contributed by atoms with van der Waals surface area (Å²) in [5, 5.41) is 12.8. The van der Waals surface area contributed by atoms with Crippen molar-refractivity contribution in [2.24, 2.45) is 22.6 Å². The third kappa shape index (κ3) is 6.71. The maximum absolute atomic E-state index is 13.4. The Hall–Kier alpha value is -3.68. The van der Waals surface area contributed by atoms with Gasteiger partial charge in [-0.05, 0) is 35.4 Å². The summed E-state index contributed by atoms with van der Waals surface area (Å²) in [6, 6.07) is 14.1. The number of carboxylic acids is 1. The second-order valence-electron chi connectivity index (χ2n) is 9.93. The van der Waals surface area contributed by atoms with Crippen LogP contribution in [0.15, 0.2) is 53.5 Å². The zero-order valence-electron chi connectivity index (χ0n) is 22.6. The van der Waals surface area contributed by atoms with Crippen LogP contribution >= 0.6 is 0 Å². The summed E-state index contributed by atoms with van der Waals surface area (Å²) in [4.78, 5) is 32.0. The van der Waals surface area contributed by atoms with Crippen molar-refractivity contribution in [3.05, 3.63) is 65.2 Å². The quantitative estimate of drug-likeness (QED) is 0.221. The predicted molar refractivity (Wildman–Crippen MR) is 146 cm³/mol. The van der Waals surface area contributed by atoms with E-state index < -0.39 is 11.9 Å². The van der Waals surface area contributed by atoms with E-state index in [9.17, 15) is 14.7 Å². The molecule has 0 saturated heterocycles. The van der Waals surface area contributed by atoms with Gasteiger partial charge in [0.05, 0.1) is 38.8 Å². The fourth-order valence-electron chi connectivity index (χ4n) is 4.69. The molecule has 1 atom stereocenters. The number of nitrogens with two attached hydrogens (primary N) is 1. The summed E-state index contributed by atoms with van der Waals surface area (Å²) in [5.74, 6) is -0.650. The highest BCUT2D eigenvalue weighted by Gasteiger charge is 2.31. The van der Waals surface area contributed by atoms with Gasteiger partial charge in [0.1, 0.15) is 0 Å². The number of nitrogens with one attached hydrogen (secondary N) is 1. The molecule has 0 spiro atoms. The van der Waals surface area contributed by atoms with Crippen LogP contribution in [0.4, 0.5) is 5.69 Å². The standard InChI is InChI=1S/C28H39N5O3/c1-17(2)24(18(3)4)33(8)28(32(6)7)31-27(29)30-23-21(19(5)26(35)36)15-12-16-22(23)25(34)20-13-10-9-11-14-20/h9-19,24H,1-8H3,(H3,29,30,34,35,36)/p+1. The third-order valence-electron chi connectivity index (χ3n) is 6.22. The van der Waals surface area contributed by atoms with Gasteiger partial charge >= 0.3 is 11.9 Å². The number of rotatable bonds is 8. The van der Waals surface area contributed by atoms with Crippen molar-refractivity contribution in [3.8, 4) is 0 Å². The fourth-order valence-corrected chi connectivity index (χ4v) is 4.69. The highest BCUT2D eigenvalue weighted by atomic mass is 16.4. The van der Waals surface area contributed by atoms with E-state index in [1.807, 2.05) is 31.8 Å². The minimum atomic E-state index is -1.00. The Labute approximate surface area is 214 Å². The Bertz CT molecular complexity index is 1130. The topological polar surface area (TPSA) is 111 Å². The third-order valence-corrected chi connectivity index (χ3v) is 6.22. The molecule has 1 unspecified atom stereocenters. The lowest BCUT2D eigenvalue weighted by atomic mass is 9.92. The van der Waals surface area contributed by atoms with E-state index in [-0.39, 0.29) is 17.8 Å². The second-order valence-corrected chi connectivity index (χ2v) is 9.93. The van der Waals surface area contributed by atoms with Crippen LogP contribution in [-0.2, 0) is 4.79 Å². The number of carboxylic acid groups (broad SMARTS) is 1. The van der Waals surface area contributed by atoms with Gasteiger partial charge in [0.2, 0.25) is 0 Å². The molecule has 0 bridgehead atoms. The van der Waals surface area contributed by atoms with Gasteiger partial charge < -0.3 is 16.2 Å². The van der Waals surface area contributed by atoms with E-state index in [1.54, 1.807) is 49.4 Å². The minimum Gasteiger partial charge on any atom is -0.481 e. The molecule has 0 aliphatic rings. The minimum absolute atomic E-state index is 0.0592. The first-order valence-electron chi connectivity index (χ1n) is 12.2. The van der Waals surface area contributed by atoms with Gasteiger partial charge in [-0.25, -0.2) is 0 Å². The van der Waals surface area contributed by atoms with Crippen molar-refractivity contribution in [1.82, 2.24) is 4.90 Å². The van der Waals surface area contributed by atoms with Crippen molar-refractivity contribution in [2.75, 3.05) is 26.5 Å². The Balaban J connectivity index is 2.60. The molecule has 0 radical (unpaired) electrons. The molecule has 0 saturated carbocycles. The monoisotopic (exact) mass is 494 g/mol. The summed E-state index contributed by atoms with van der Waals surface area (Å²) in [6.45, 7) is 10.3. The molecule has 4 N–H and O–H groups in total. The molecule has 0 amide bonds. The number of aliphatic imine (C=N–C) groups is 1. The number of aliphatic carboxylic acids is 1. The summed E-state index contributed by atoms with van der Waals surface area (Å²) in [7, 11) is 5.78. The van der Waals surface area contributed by atoms with Crippen molar-refractivity contribution >= 4 is 29.4 Å². The lowest BCUT2D eigenvalue weighted by molar-refractivity contribution is -0.471. The molecule has 2 rings (SSSR count). The Morgan fingerprint density at radius 2 is 1.56 bits per heavy atom. The number of para-hydroxylation sites is 1. The summed E-state index contributed by atoms with van der Waals surface area (Å²) in [5.41, 5.74) is 8.00. The first-order valence-corrected chi connectivity index (χ1v) is 12.2. The summed E-state index contributed by atoms with van der Waals surface area (Å²) in [6.07, 6.45) is 0. The molecule has 36 heavy (non-hydrogen) atoms. The second kappa shape index (κ2) is 12.3. The summed E-state index contributed by atoms with van der Waals surface area (Å²) >= 11 is 0. The Morgan fingerprint density at radius 3 is 2.06 bits per heavy atom. The molecule has 8 heteroatoms. The van der Waals surface area contributed by atoms with Crippen LogP contribution in [-0.4, -0.2) is 65.4 Å². The number of guanidine groups is 2. The van der Waals surface area contributed by atoms with E-state index in [0.29, 0.717) is 40.2 Å². The number of hydrogen-bond donors (Lipinski definition) is 3. The van der Waals surface area contributed by atoms with Gasteiger partial charge in [0, 0.05) is 11.1 Å². The van der Waals surface area contributed by atoms with Crippen LogP contribution in [0.1, 0.15) is 62.0 Å². The van der Waals surface area contributed by atoms with Crippen molar-refractivity contribution < 1.29 is 19.3 Å². The van der Waals surface area contributed by atoms with Crippen LogP contribution < -0.4 is 11.1 Å². The number of carbonyl (C=O) groups excluding carboxylic acids is 1. The highest BCUT2D eigenvalue weighted by Crippen LogP contribution is 2.30. The lowest BCUT2D eigenvalue weighted by Gasteiger charge is -2.30. The predicted octanol–water partition coefficient (Wildman–Crippen LogP) is 4.07. The number of hydrogen-bond acceptors (Lipinski definition) is 2. The van der Waals surface area contributed by atoms with Crippen molar-refractivity contribution in [3.63, 3.8) is 0 Å². The van der Waals surface area contributed by atoms with E-state index in [1.165, 1.54) is 0 Å². The molecule has 8 nitrogen and oxygen atoms in total. The number of ketones is 1. The smallest absolute Gasteiger partial charge is 0.392 e. The number of benzene rings is 2. The van der Waals surface area contributed by atoms with Gasteiger partial charge in [0.25, 0.3) is 5.96 Å². The largest absolute Gasteiger partial charge is 0.481 e. The SMILES string of the molecule is CC(C(=O)O)c1cccc(C(=O)c2ccccc2)c1N/C(N)=N\C(N(C)C(C(C)C)C(C)C)=[N+](C)C. The van der Waals surface area contributed by atoms with Crippen LogP contribution in [0.3, 0.4) is 0 Å². The molecule has 2 aromatic carbocycles. The highest BCUT2D eigenvalue weighted by molar-refractivity contribution is 6.15. The molecule has 0 aliphatic heterocycles. The molecule has 194 valence electrons. The van der Waals surface area contributed by atoms with Crippen LogP contribution in [0, 0.1) is 11.8 Å². The normalized spacial score (nSPS) is 12.6. The number of carbonyl (C=O) groups is 2. The van der Waals surface area contributed by atoms with Crippen molar-refractivity contribution in [2.45, 2.75) is 46.6 Å². The zero-order chi connectivity index (χ0) is 27.2. The Kier molecular flexibility index (Phi) is 9.78. The molecule has 0 aliphatic carbocycles. The Morgan fingerprint density at radius 1 is 0.972 bits per heavy atom. The fraction of sp³-hybridized carbons (Fsp3) is 0.429. The van der Waals surface area contributed by atoms with Gasteiger partial charge in [-0.15, -0.1) is 0 Å². The molecular weight excluding hydrogens is 454 g/mol. The van der Waals surface area contributed by atoms with Crippen LogP contribution in [0.5, 0.6) is 0 Å². The number of anilines is 1.